The third-order valence-electron chi connectivity index (χ3n) is 2.01. The van der Waals surface area contributed by atoms with Crippen molar-refractivity contribution in [2.24, 2.45) is 5.92 Å². The van der Waals surface area contributed by atoms with Crippen LogP contribution in [0.15, 0.2) is 0 Å². The lowest BCUT2D eigenvalue weighted by Crippen LogP contribution is -2.27. The fraction of sp³-hybridized carbons (Fsp3) is 0.700. The molecule has 0 saturated heterocycles. The van der Waals surface area contributed by atoms with E-state index < -0.39 is 0 Å². The Labute approximate surface area is 105 Å². The van der Waals surface area contributed by atoms with Crippen molar-refractivity contribution in [2.45, 2.75) is 20.3 Å². The molecule has 0 fully saturated rings. The number of nitrogen functional groups attached to an aromatic ring is 1. The van der Waals surface area contributed by atoms with Crippen molar-refractivity contribution < 1.29 is 9.53 Å². The zero-order valence-corrected chi connectivity index (χ0v) is 10.9. The largest absolute Gasteiger partial charge is 0.380 e. The van der Waals surface area contributed by atoms with Gasteiger partial charge in [-0.15, -0.1) is 10.2 Å². The number of carbonyl (C=O) groups excluding carboxylic acids is 1. The number of ether oxygens (including phenoxy) is 1. The molecule has 96 valence electrons. The van der Waals surface area contributed by atoms with Gasteiger partial charge >= 0.3 is 0 Å². The first-order chi connectivity index (χ1) is 8.09. The second kappa shape index (κ2) is 7.18. The molecular formula is C10H18N4O2S. The van der Waals surface area contributed by atoms with Gasteiger partial charge in [0.1, 0.15) is 0 Å². The maximum Gasteiger partial charge on any atom is 0.282 e. The predicted molar refractivity (Wildman–Crippen MR) is 66.9 cm³/mol. The van der Waals surface area contributed by atoms with Crippen LogP contribution in [0, 0.1) is 5.92 Å². The standard InChI is InChI=1S/C10H18N4O2S/c1-7(2)3-5-16-6-4-12-8(15)9-13-14-10(11)17-9/h7H,3-6H2,1-2H3,(H2,11,14)(H,12,15). The second-order valence-corrected chi connectivity index (χ2v) is 5.01. The highest BCUT2D eigenvalue weighted by Crippen LogP contribution is 2.09. The number of carbonyl (C=O) groups is 1. The molecule has 7 heteroatoms. The van der Waals surface area contributed by atoms with E-state index in [2.05, 4.69) is 29.4 Å². The highest BCUT2D eigenvalue weighted by Gasteiger charge is 2.10. The smallest absolute Gasteiger partial charge is 0.282 e. The van der Waals surface area contributed by atoms with Crippen molar-refractivity contribution in [1.82, 2.24) is 15.5 Å². The molecule has 0 aliphatic carbocycles. The Morgan fingerprint density at radius 3 is 2.82 bits per heavy atom. The predicted octanol–water partition coefficient (Wildman–Crippen LogP) is 0.913. The van der Waals surface area contributed by atoms with Gasteiger partial charge in [-0.05, 0) is 12.3 Å². The minimum atomic E-state index is -0.258. The number of nitrogens with two attached hydrogens (primary N) is 1. The Hall–Kier alpha value is -1.21. The Balaban J connectivity index is 2.09. The van der Waals surface area contributed by atoms with Crippen LogP contribution in [0.2, 0.25) is 0 Å². The minimum Gasteiger partial charge on any atom is -0.380 e. The first-order valence-electron chi connectivity index (χ1n) is 5.54. The summed E-state index contributed by atoms with van der Waals surface area (Å²) in [5, 5.41) is 10.5. The van der Waals surface area contributed by atoms with Crippen LogP contribution in [0.25, 0.3) is 0 Å². The van der Waals surface area contributed by atoms with Crippen LogP contribution in [0.5, 0.6) is 0 Å². The summed E-state index contributed by atoms with van der Waals surface area (Å²) in [7, 11) is 0. The average Bonchev–Trinajstić information content (AvgIpc) is 2.69. The summed E-state index contributed by atoms with van der Waals surface area (Å²) in [4.78, 5) is 11.5. The molecule has 0 spiro atoms. The number of nitrogens with one attached hydrogen (secondary N) is 1. The molecule has 3 N–H and O–H groups in total. The van der Waals surface area contributed by atoms with Gasteiger partial charge < -0.3 is 15.8 Å². The molecular weight excluding hydrogens is 240 g/mol. The van der Waals surface area contributed by atoms with Gasteiger partial charge in [-0.1, -0.05) is 25.2 Å². The molecule has 0 aliphatic rings. The molecule has 6 nitrogen and oxygen atoms in total. The van der Waals surface area contributed by atoms with E-state index in [1.165, 1.54) is 0 Å². The summed E-state index contributed by atoms with van der Waals surface area (Å²) >= 11 is 1.07. The molecule has 0 aliphatic heterocycles. The first-order valence-corrected chi connectivity index (χ1v) is 6.36. The Morgan fingerprint density at radius 2 is 2.24 bits per heavy atom. The van der Waals surface area contributed by atoms with E-state index in [1.54, 1.807) is 0 Å². The number of hydrogen-bond acceptors (Lipinski definition) is 6. The van der Waals surface area contributed by atoms with Gasteiger partial charge in [0.05, 0.1) is 6.61 Å². The number of anilines is 1. The zero-order chi connectivity index (χ0) is 12.7. The van der Waals surface area contributed by atoms with Gasteiger partial charge in [0.2, 0.25) is 10.1 Å². The Morgan fingerprint density at radius 1 is 1.47 bits per heavy atom. The molecule has 1 heterocycles. The molecule has 1 amide bonds. The van der Waals surface area contributed by atoms with E-state index in [1.807, 2.05) is 0 Å². The number of nitrogens with zero attached hydrogens (tertiary/aromatic N) is 2. The molecule has 17 heavy (non-hydrogen) atoms. The van der Waals surface area contributed by atoms with Crippen molar-refractivity contribution in [3.63, 3.8) is 0 Å². The van der Waals surface area contributed by atoms with Crippen molar-refractivity contribution in [2.75, 3.05) is 25.5 Å². The summed E-state index contributed by atoms with van der Waals surface area (Å²) in [6.45, 7) is 5.98. The van der Waals surface area contributed by atoms with Crippen LogP contribution < -0.4 is 11.1 Å². The summed E-state index contributed by atoms with van der Waals surface area (Å²) in [6, 6.07) is 0. The van der Waals surface area contributed by atoms with Crippen molar-refractivity contribution in [3.05, 3.63) is 5.01 Å². The van der Waals surface area contributed by atoms with Crippen molar-refractivity contribution in [1.29, 1.82) is 0 Å². The monoisotopic (exact) mass is 258 g/mol. The van der Waals surface area contributed by atoms with Crippen LogP contribution in [0.3, 0.4) is 0 Å². The van der Waals surface area contributed by atoms with E-state index >= 15 is 0 Å². The number of rotatable bonds is 7. The van der Waals surface area contributed by atoms with Crippen LogP contribution >= 0.6 is 11.3 Å². The lowest BCUT2D eigenvalue weighted by Gasteiger charge is -2.06. The van der Waals surface area contributed by atoms with Crippen LogP contribution in [-0.4, -0.2) is 35.9 Å². The highest BCUT2D eigenvalue weighted by molar-refractivity contribution is 7.16. The average molecular weight is 258 g/mol. The molecule has 0 bridgehead atoms. The molecule has 0 unspecified atom stereocenters. The number of hydrogen-bond donors (Lipinski definition) is 2. The third kappa shape index (κ3) is 5.60. The van der Waals surface area contributed by atoms with Crippen LogP contribution in [0.1, 0.15) is 30.1 Å². The maximum absolute atomic E-state index is 11.5. The molecule has 0 aromatic carbocycles. The van der Waals surface area contributed by atoms with Gasteiger partial charge in [-0.3, -0.25) is 4.79 Å². The summed E-state index contributed by atoms with van der Waals surface area (Å²) < 4.78 is 5.36. The number of aromatic nitrogens is 2. The van der Waals surface area contributed by atoms with Gasteiger partial charge in [-0.25, -0.2) is 0 Å². The summed E-state index contributed by atoms with van der Waals surface area (Å²) in [6.07, 6.45) is 1.03. The highest BCUT2D eigenvalue weighted by atomic mass is 32.1. The van der Waals surface area contributed by atoms with E-state index in [0.29, 0.717) is 24.2 Å². The second-order valence-electron chi connectivity index (χ2n) is 4.00. The van der Waals surface area contributed by atoms with E-state index in [0.717, 1.165) is 24.4 Å². The lowest BCUT2D eigenvalue weighted by atomic mass is 10.1. The molecule has 1 rings (SSSR count). The van der Waals surface area contributed by atoms with E-state index in [-0.39, 0.29) is 10.9 Å². The third-order valence-corrected chi connectivity index (χ3v) is 2.76. The normalized spacial score (nSPS) is 10.8. The van der Waals surface area contributed by atoms with Crippen LogP contribution in [-0.2, 0) is 4.74 Å². The maximum atomic E-state index is 11.5. The van der Waals surface area contributed by atoms with Crippen LogP contribution in [0.4, 0.5) is 5.13 Å². The quantitative estimate of drug-likeness (QED) is 0.709. The molecule has 0 atom stereocenters. The lowest BCUT2D eigenvalue weighted by molar-refractivity contribution is 0.0905. The molecule has 0 saturated carbocycles. The topological polar surface area (TPSA) is 90.1 Å². The summed E-state index contributed by atoms with van der Waals surface area (Å²) in [5.41, 5.74) is 5.38. The van der Waals surface area contributed by atoms with Gasteiger partial charge in [-0.2, -0.15) is 0 Å². The first kappa shape index (κ1) is 13.9. The summed E-state index contributed by atoms with van der Waals surface area (Å²) in [5.74, 6) is 0.376. The Kier molecular flexibility index (Phi) is 5.85. The van der Waals surface area contributed by atoms with Crippen molar-refractivity contribution >= 4 is 22.4 Å². The number of amides is 1. The van der Waals surface area contributed by atoms with Gasteiger partial charge in [0.15, 0.2) is 0 Å². The fourth-order valence-electron chi connectivity index (χ4n) is 1.06. The van der Waals surface area contributed by atoms with E-state index in [9.17, 15) is 4.79 Å². The molecule has 0 radical (unpaired) electrons. The Bertz CT molecular complexity index is 354. The minimum absolute atomic E-state index is 0.258. The molecule has 1 aromatic rings. The molecule has 1 aromatic heterocycles. The fourth-order valence-corrected chi connectivity index (χ4v) is 1.59. The van der Waals surface area contributed by atoms with E-state index in [4.69, 9.17) is 10.5 Å². The van der Waals surface area contributed by atoms with Gasteiger partial charge in [0, 0.05) is 13.2 Å². The van der Waals surface area contributed by atoms with Crippen molar-refractivity contribution in [3.8, 4) is 0 Å². The SMILES string of the molecule is CC(C)CCOCCNC(=O)c1nnc(N)s1. The van der Waals surface area contributed by atoms with Gasteiger partial charge in [0.25, 0.3) is 5.91 Å². The zero-order valence-electron chi connectivity index (χ0n) is 10.1.